The van der Waals surface area contributed by atoms with Crippen molar-refractivity contribution in [2.75, 3.05) is 11.4 Å². The van der Waals surface area contributed by atoms with E-state index in [2.05, 4.69) is 15.9 Å². The molecule has 2 heterocycles. The van der Waals surface area contributed by atoms with Crippen molar-refractivity contribution in [3.8, 4) is 0 Å². The Kier molecular flexibility index (Phi) is 3.91. The molecule has 1 amide bonds. The van der Waals surface area contributed by atoms with Crippen molar-refractivity contribution >= 4 is 44.6 Å². The van der Waals surface area contributed by atoms with E-state index in [4.69, 9.17) is 0 Å². The maximum absolute atomic E-state index is 13.3. The SMILES string of the molecule is O=C(CN1C(=O)CCc2cc(F)ccc21)c1sccc1Br. The molecule has 21 heavy (non-hydrogen) atoms. The second-order valence-electron chi connectivity index (χ2n) is 4.77. The summed E-state index contributed by atoms with van der Waals surface area (Å²) in [4.78, 5) is 26.5. The predicted molar refractivity (Wildman–Crippen MR) is 83.4 cm³/mol. The smallest absolute Gasteiger partial charge is 0.227 e. The van der Waals surface area contributed by atoms with E-state index in [1.807, 2.05) is 5.38 Å². The van der Waals surface area contributed by atoms with Crippen LogP contribution in [0.3, 0.4) is 0 Å². The van der Waals surface area contributed by atoms with E-state index < -0.39 is 0 Å². The molecule has 1 aromatic carbocycles. The lowest BCUT2D eigenvalue weighted by Crippen LogP contribution is -2.39. The van der Waals surface area contributed by atoms with Gasteiger partial charge in [-0.3, -0.25) is 9.59 Å². The van der Waals surface area contributed by atoms with Gasteiger partial charge in [0.05, 0.1) is 11.4 Å². The second kappa shape index (κ2) is 5.69. The highest BCUT2D eigenvalue weighted by Crippen LogP contribution is 2.30. The first-order chi connectivity index (χ1) is 10.1. The van der Waals surface area contributed by atoms with Crippen molar-refractivity contribution in [2.45, 2.75) is 12.8 Å². The number of hydrogen-bond acceptors (Lipinski definition) is 3. The summed E-state index contributed by atoms with van der Waals surface area (Å²) < 4.78 is 14.0. The van der Waals surface area contributed by atoms with E-state index >= 15 is 0 Å². The van der Waals surface area contributed by atoms with E-state index in [0.717, 1.165) is 10.0 Å². The zero-order valence-electron chi connectivity index (χ0n) is 10.9. The van der Waals surface area contributed by atoms with Gasteiger partial charge in [0.1, 0.15) is 5.82 Å². The standard InChI is InChI=1S/C15H11BrFNO2S/c16-11-5-6-21-15(11)13(19)8-18-12-3-2-10(17)7-9(12)1-4-14(18)20/h2-3,5-7H,1,4,8H2. The maximum Gasteiger partial charge on any atom is 0.227 e. The number of fused-ring (bicyclic) bond motifs is 1. The van der Waals surface area contributed by atoms with Crippen molar-refractivity contribution in [3.63, 3.8) is 0 Å². The number of Topliss-reactive ketones (excluding diaryl/α,β-unsaturated/α-hetero) is 1. The molecule has 0 N–H and O–H groups in total. The zero-order valence-corrected chi connectivity index (χ0v) is 13.3. The van der Waals surface area contributed by atoms with Crippen LogP contribution in [0.1, 0.15) is 21.7 Å². The fraction of sp³-hybridized carbons (Fsp3) is 0.200. The number of ketones is 1. The van der Waals surface area contributed by atoms with Gasteiger partial charge in [-0.15, -0.1) is 11.3 Å². The molecule has 1 aliphatic heterocycles. The van der Waals surface area contributed by atoms with E-state index in [1.165, 1.54) is 28.4 Å². The molecule has 0 unspecified atom stereocenters. The van der Waals surface area contributed by atoms with Gasteiger partial charge in [-0.05, 0) is 57.6 Å². The summed E-state index contributed by atoms with van der Waals surface area (Å²) in [7, 11) is 0. The van der Waals surface area contributed by atoms with Gasteiger partial charge in [-0.25, -0.2) is 4.39 Å². The van der Waals surface area contributed by atoms with E-state index in [1.54, 1.807) is 12.1 Å². The van der Waals surface area contributed by atoms with Crippen molar-refractivity contribution < 1.29 is 14.0 Å². The van der Waals surface area contributed by atoms with E-state index in [0.29, 0.717) is 23.4 Å². The summed E-state index contributed by atoms with van der Waals surface area (Å²) in [6.45, 7) is -0.0173. The summed E-state index contributed by atoms with van der Waals surface area (Å²) in [5.74, 6) is -0.548. The molecular formula is C15H11BrFNO2S. The van der Waals surface area contributed by atoms with Crippen LogP contribution in [0, 0.1) is 5.82 Å². The minimum absolute atomic E-state index is 0.0173. The summed E-state index contributed by atoms with van der Waals surface area (Å²) in [6.07, 6.45) is 0.814. The Bertz CT molecular complexity index is 728. The molecule has 0 saturated heterocycles. The van der Waals surface area contributed by atoms with Gasteiger partial charge < -0.3 is 4.90 Å². The minimum atomic E-state index is -0.324. The monoisotopic (exact) mass is 367 g/mol. The molecule has 0 saturated carbocycles. The van der Waals surface area contributed by atoms with Gasteiger partial charge >= 0.3 is 0 Å². The third-order valence-electron chi connectivity index (χ3n) is 3.41. The summed E-state index contributed by atoms with van der Waals surface area (Å²) >= 11 is 4.66. The fourth-order valence-corrected chi connectivity index (χ4v) is 3.94. The highest BCUT2D eigenvalue weighted by molar-refractivity contribution is 9.10. The van der Waals surface area contributed by atoms with Crippen molar-refractivity contribution in [2.24, 2.45) is 0 Å². The van der Waals surface area contributed by atoms with Crippen LogP contribution in [0.2, 0.25) is 0 Å². The molecule has 0 radical (unpaired) electrons. The predicted octanol–water partition coefficient (Wildman–Crippen LogP) is 3.81. The molecule has 0 spiro atoms. The number of amides is 1. The molecule has 0 bridgehead atoms. The van der Waals surface area contributed by atoms with Crippen LogP contribution in [0.25, 0.3) is 0 Å². The molecule has 0 atom stereocenters. The van der Waals surface area contributed by atoms with Crippen molar-refractivity contribution in [1.82, 2.24) is 0 Å². The van der Waals surface area contributed by atoms with Gasteiger partial charge in [0, 0.05) is 16.6 Å². The topological polar surface area (TPSA) is 37.4 Å². The fourth-order valence-electron chi connectivity index (χ4n) is 2.41. The molecule has 3 rings (SSSR count). The largest absolute Gasteiger partial charge is 0.304 e. The van der Waals surface area contributed by atoms with Gasteiger partial charge in [0.25, 0.3) is 0 Å². The zero-order chi connectivity index (χ0) is 15.0. The molecule has 2 aromatic rings. The normalized spacial score (nSPS) is 14.2. The quantitative estimate of drug-likeness (QED) is 0.773. The highest BCUT2D eigenvalue weighted by Gasteiger charge is 2.27. The number of carbonyl (C=O) groups is 2. The molecule has 0 fully saturated rings. The lowest BCUT2D eigenvalue weighted by Gasteiger charge is -2.28. The van der Waals surface area contributed by atoms with Crippen LogP contribution in [0.15, 0.2) is 34.1 Å². The van der Waals surface area contributed by atoms with Gasteiger partial charge in [0.2, 0.25) is 5.91 Å². The number of rotatable bonds is 3. The molecule has 3 nitrogen and oxygen atoms in total. The summed E-state index contributed by atoms with van der Waals surface area (Å²) in [6, 6.07) is 6.12. The van der Waals surface area contributed by atoms with Crippen LogP contribution in [-0.4, -0.2) is 18.2 Å². The minimum Gasteiger partial charge on any atom is -0.304 e. The number of hydrogen-bond donors (Lipinski definition) is 0. The number of halogens is 2. The van der Waals surface area contributed by atoms with E-state index in [9.17, 15) is 14.0 Å². The first kappa shape index (κ1) is 14.4. The number of anilines is 1. The Morgan fingerprint density at radius 1 is 1.33 bits per heavy atom. The average Bonchev–Trinajstić information content (AvgIpc) is 2.88. The molecule has 108 valence electrons. The van der Waals surface area contributed by atoms with Crippen LogP contribution < -0.4 is 4.90 Å². The van der Waals surface area contributed by atoms with Crippen molar-refractivity contribution in [1.29, 1.82) is 0 Å². The first-order valence-corrected chi connectivity index (χ1v) is 8.08. The average molecular weight is 368 g/mol. The van der Waals surface area contributed by atoms with Gasteiger partial charge in [-0.2, -0.15) is 0 Å². The van der Waals surface area contributed by atoms with Gasteiger partial charge in [-0.1, -0.05) is 0 Å². The number of benzene rings is 1. The van der Waals surface area contributed by atoms with Crippen molar-refractivity contribution in [3.05, 3.63) is 50.4 Å². The van der Waals surface area contributed by atoms with E-state index in [-0.39, 0.29) is 24.1 Å². The van der Waals surface area contributed by atoms with Crippen LogP contribution in [0.5, 0.6) is 0 Å². The molecule has 0 aliphatic carbocycles. The van der Waals surface area contributed by atoms with Crippen LogP contribution in [-0.2, 0) is 11.2 Å². The molecular weight excluding hydrogens is 357 g/mol. The maximum atomic E-state index is 13.3. The van der Waals surface area contributed by atoms with Crippen LogP contribution >= 0.6 is 27.3 Å². The number of aryl methyl sites for hydroxylation is 1. The number of carbonyl (C=O) groups excluding carboxylic acids is 2. The third kappa shape index (κ3) is 2.78. The lowest BCUT2D eigenvalue weighted by atomic mass is 10.0. The number of thiophene rings is 1. The Balaban J connectivity index is 1.90. The Morgan fingerprint density at radius 2 is 2.14 bits per heavy atom. The molecule has 6 heteroatoms. The Morgan fingerprint density at radius 3 is 2.86 bits per heavy atom. The first-order valence-electron chi connectivity index (χ1n) is 6.41. The third-order valence-corrected chi connectivity index (χ3v) is 5.29. The van der Waals surface area contributed by atoms with Crippen LogP contribution in [0.4, 0.5) is 10.1 Å². The molecule has 1 aromatic heterocycles. The lowest BCUT2D eigenvalue weighted by molar-refractivity contribution is -0.118. The Labute approximate surface area is 133 Å². The molecule has 1 aliphatic rings. The number of nitrogens with zero attached hydrogens (tertiary/aromatic N) is 1. The summed E-state index contributed by atoms with van der Waals surface area (Å²) in [5, 5.41) is 1.82. The Hall–Kier alpha value is -1.53. The second-order valence-corrected chi connectivity index (χ2v) is 6.54. The summed E-state index contributed by atoms with van der Waals surface area (Å²) in [5.41, 5.74) is 1.40. The van der Waals surface area contributed by atoms with Gasteiger partial charge in [0.15, 0.2) is 5.78 Å². The highest BCUT2D eigenvalue weighted by atomic mass is 79.9.